The molecule has 7 heteroatoms. The molecule has 2 aromatic rings. The molecule has 1 aromatic heterocycles. The minimum absolute atomic E-state index is 0.0601. The van der Waals surface area contributed by atoms with Crippen molar-refractivity contribution in [3.05, 3.63) is 52.6 Å². The number of amides is 2. The highest BCUT2D eigenvalue weighted by Gasteiger charge is 2.24. The summed E-state index contributed by atoms with van der Waals surface area (Å²) in [6, 6.07) is 13.0. The summed E-state index contributed by atoms with van der Waals surface area (Å²) >= 11 is 3.41. The fourth-order valence-electron chi connectivity index (χ4n) is 2.63. The monoisotopic (exact) mass is 385 g/mol. The van der Waals surface area contributed by atoms with Crippen molar-refractivity contribution in [2.75, 3.05) is 23.3 Å². The van der Waals surface area contributed by atoms with E-state index in [-0.39, 0.29) is 12.1 Å². The summed E-state index contributed by atoms with van der Waals surface area (Å²) in [5.74, 6) is 0.824. The second-order valence-corrected chi connectivity index (χ2v) is 6.38. The Morgan fingerprint density at radius 3 is 2.88 bits per heavy atom. The standard InChI is InChI=1S/C17H16BrN5O/c18-14-3-1-2-4-15(14)22-17(24)21-13-7-8-23(11-13)16-6-5-12(9-19)10-20-16/h1-6,10,13H,7-8,11H2,(H2,21,22,24)/t13-/m1/s1. The Bertz CT molecular complexity index is 771. The van der Waals surface area contributed by atoms with Gasteiger partial charge in [0, 0.05) is 29.8 Å². The molecule has 1 aliphatic rings. The topological polar surface area (TPSA) is 81.0 Å². The Kier molecular flexibility index (Phi) is 4.96. The molecule has 2 heterocycles. The van der Waals surface area contributed by atoms with Crippen LogP contribution in [0.3, 0.4) is 0 Å². The first-order chi connectivity index (χ1) is 11.7. The van der Waals surface area contributed by atoms with Gasteiger partial charge in [0.15, 0.2) is 0 Å². The van der Waals surface area contributed by atoms with Crippen molar-refractivity contribution >= 4 is 33.5 Å². The van der Waals surface area contributed by atoms with E-state index in [0.717, 1.165) is 28.9 Å². The van der Waals surface area contributed by atoms with Crippen LogP contribution in [-0.4, -0.2) is 30.1 Å². The first-order valence-corrected chi connectivity index (χ1v) is 8.38. The molecule has 24 heavy (non-hydrogen) atoms. The van der Waals surface area contributed by atoms with Crippen LogP contribution in [0.15, 0.2) is 47.1 Å². The molecule has 0 unspecified atom stereocenters. The number of benzene rings is 1. The summed E-state index contributed by atoms with van der Waals surface area (Å²) < 4.78 is 0.843. The lowest BCUT2D eigenvalue weighted by Crippen LogP contribution is -2.39. The van der Waals surface area contributed by atoms with Gasteiger partial charge in [-0.15, -0.1) is 0 Å². The van der Waals surface area contributed by atoms with Gasteiger partial charge in [-0.2, -0.15) is 5.26 Å². The van der Waals surface area contributed by atoms with E-state index in [1.807, 2.05) is 30.3 Å². The predicted octanol–water partition coefficient (Wildman–Crippen LogP) is 3.12. The molecule has 122 valence electrons. The number of hydrogen-bond donors (Lipinski definition) is 2. The van der Waals surface area contributed by atoms with E-state index in [2.05, 4.69) is 42.5 Å². The van der Waals surface area contributed by atoms with Crippen LogP contribution >= 0.6 is 15.9 Å². The summed E-state index contributed by atoms with van der Waals surface area (Å²) in [5.41, 5.74) is 1.28. The number of aromatic nitrogens is 1. The fourth-order valence-corrected chi connectivity index (χ4v) is 3.02. The number of anilines is 2. The molecule has 2 amide bonds. The Morgan fingerprint density at radius 1 is 1.33 bits per heavy atom. The smallest absolute Gasteiger partial charge is 0.319 e. The summed E-state index contributed by atoms with van der Waals surface area (Å²) in [4.78, 5) is 18.5. The Hall–Kier alpha value is -2.59. The Morgan fingerprint density at radius 2 is 2.17 bits per heavy atom. The lowest BCUT2D eigenvalue weighted by atomic mass is 10.3. The van der Waals surface area contributed by atoms with Crippen molar-refractivity contribution in [2.45, 2.75) is 12.5 Å². The highest BCUT2D eigenvalue weighted by Crippen LogP contribution is 2.21. The number of carbonyl (C=O) groups is 1. The first-order valence-electron chi connectivity index (χ1n) is 7.59. The zero-order valence-electron chi connectivity index (χ0n) is 12.9. The maximum atomic E-state index is 12.1. The van der Waals surface area contributed by atoms with E-state index < -0.39 is 0 Å². The summed E-state index contributed by atoms with van der Waals surface area (Å²) in [5, 5.41) is 14.6. The van der Waals surface area contributed by atoms with E-state index in [9.17, 15) is 4.79 Å². The van der Waals surface area contributed by atoms with Crippen LogP contribution in [0.1, 0.15) is 12.0 Å². The molecule has 0 spiro atoms. The van der Waals surface area contributed by atoms with Gasteiger partial charge >= 0.3 is 6.03 Å². The number of pyridine rings is 1. The number of carbonyl (C=O) groups excluding carboxylic acids is 1. The molecule has 6 nitrogen and oxygen atoms in total. The van der Waals surface area contributed by atoms with E-state index in [1.54, 1.807) is 12.3 Å². The molecule has 1 saturated heterocycles. The maximum absolute atomic E-state index is 12.1. The average Bonchev–Trinajstić information content (AvgIpc) is 3.05. The van der Waals surface area contributed by atoms with Crippen LogP contribution in [0, 0.1) is 11.3 Å². The second kappa shape index (κ2) is 7.32. The number of halogens is 1. The van der Waals surface area contributed by atoms with E-state index in [4.69, 9.17) is 5.26 Å². The quantitative estimate of drug-likeness (QED) is 0.850. The Balaban J connectivity index is 1.55. The average molecular weight is 386 g/mol. The summed E-state index contributed by atoms with van der Waals surface area (Å²) in [6.07, 6.45) is 2.42. The largest absolute Gasteiger partial charge is 0.354 e. The molecule has 0 saturated carbocycles. The molecule has 1 aromatic carbocycles. The third-order valence-corrected chi connectivity index (χ3v) is 4.54. The van der Waals surface area contributed by atoms with Crippen molar-refractivity contribution in [1.29, 1.82) is 5.26 Å². The third kappa shape index (κ3) is 3.84. The number of nitrogens with zero attached hydrogens (tertiary/aromatic N) is 3. The zero-order valence-corrected chi connectivity index (χ0v) is 14.5. The molecular weight excluding hydrogens is 370 g/mol. The fraction of sp³-hybridized carbons (Fsp3) is 0.235. The maximum Gasteiger partial charge on any atom is 0.319 e. The van der Waals surface area contributed by atoms with Gasteiger partial charge in [0.05, 0.1) is 11.3 Å². The summed E-state index contributed by atoms with van der Waals surface area (Å²) in [6.45, 7) is 1.52. The number of nitriles is 1. The van der Waals surface area contributed by atoms with E-state index in [1.165, 1.54) is 0 Å². The number of urea groups is 1. The number of rotatable bonds is 3. The molecule has 1 aliphatic heterocycles. The molecule has 1 atom stereocenters. The van der Waals surface area contributed by atoms with E-state index in [0.29, 0.717) is 12.1 Å². The molecule has 2 N–H and O–H groups in total. The second-order valence-electron chi connectivity index (χ2n) is 5.53. The van der Waals surface area contributed by atoms with Crippen LogP contribution in [0.4, 0.5) is 16.3 Å². The van der Waals surface area contributed by atoms with Crippen LogP contribution in [-0.2, 0) is 0 Å². The van der Waals surface area contributed by atoms with Crippen LogP contribution < -0.4 is 15.5 Å². The summed E-state index contributed by atoms with van der Waals surface area (Å²) in [7, 11) is 0. The van der Waals surface area contributed by atoms with Gasteiger partial charge in [-0.3, -0.25) is 0 Å². The Labute approximate surface area is 148 Å². The predicted molar refractivity (Wildman–Crippen MR) is 95.9 cm³/mol. The van der Waals surface area contributed by atoms with Gasteiger partial charge in [-0.1, -0.05) is 12.1 Å². The lowest BCUT2D eigenvalue weighted by molar-refractivity contribution is 0.249. The van der Waals surface area contributed by atoms with Crippen LogP contribution in [0.25, 0.3) is 0 Å². The molecule has 1 fully saturated rings. The van der Waals surface area contributed by atoms with Crippen LogP contribution in [0.5, 0.6) is 0 Å². The van der Waals surface area contributed by atoms with Gasteiger partial charge in [-0.05, 0) is 46.6 Å². The van der Waals surface area contributed by atoms with Crippen molar-refractivity contribution in [1.82, 2.24) is 10.3 Å². The lowest BCUT2D eigenvalue weighted by Gasteiger charge is -2.18. The van der Waals surface area contributed by atoms with Gasteiger partial charge in [0.1, 0.15) is 11.9 Å². The van der Waals surface area contributed by atoms with Crippen molar-refractivity contribution in [3.63, 3.8) is 0 Å². The van der Waals surface area contributed by atoms with Crippen molar-refractivity contribution in [3.8, 4) is 6.07 Å². The minimum atomic E-state index is -0.221. The molecule has 0 bridgehead atoms. The zero-order chi connectivity index (χ0) is 16.9. The molecular formula is C17H16BrN5O. The minimum Gasteiger partial charge on any atom is -0.354 e. The molecule has 0 radical (unpaired) electrons. The highest BCUT2D eigenvalue weighted by molar-refractivity contribution is 9.10. The van der Waals surface area contributed by atoms with Gasteiger partial charge in [0.25, 0.3) is 0 Å². The number of hydrogen-bond acceptors (Lipinski definition) is 4. The van der Waals surface area contributed by atoms with Gasteiger partial charge in [-0.25, -0.2) is 9.78 Å². The van der Waals surface area contributed by atoms with Crippen LogP contribution in [0.2, 0.25) is 0 Å². The number of para-hydroxylation sites is 1. The van der Waals surface area contributed by atoms with E-state index >= 15 is 0 Å². The van der Waals surface area contributed by atoms with Gasteiger partial charge in [0.2, 0.25) is 0 Å². The first kappa shape index (κ1) is 16.3. The SMILES string of the molecule is N#Cc1ccc(N2CC[C@@H](NC(=O)Nc3ccccc3Br)C2)nc1. The molecule has 3 rings (SSSR count). The normalized spacial score (nSPS) is 16.5. The number of nitrogens with one attached hydrogen (secondary N) is 2. The van der Waals surface area contributed by atoms with Crippen molar-refractivity contribution in [2.24, 2.45) is 0 Å². The van der Waals surface area contributed by atoms with Crippen molar-refractivity contribution < 1.29 is 4.79 Å². The molecule has 0 aliphatic carbocycles. The highest BCUT2D eigenvalue weighted by atomic mass is 79.9. The third-order valence-electron chi connectivity index (χ3n) is 3.85. The van der Waals surface area contributed by atoms with Gasteiger partial charge < -0.3 is 15.5 Å².